The molecule has 0 atom stereocenters. The summed E-state index contributed by atoms with van der Waals surface area (Å²) >= 11 is 5.88. The minimum absolute atomic E-state index is 0.0578. The summed E-state index contributed by atoms with van der Waals surface area (Å²) in [5, 5.41) is 0.481. The Hall–Kier alpha value is -2.27. The lowest BCUT2D eigenvalue weighted by atomic mass is 10.1. The van der Waals surface area contributed by atoms with Crippen molar-refractivity contribution in [1.29, 1.82) is 0 Å². The number of Topliss-reactive ketones (excluding diaryl/α,β-unsaturated/α-hetero) is 1. The second kappa shape index (κ2) is 5.18. The number of fused-ring (bicyclic) bond motifs is 1. The molecule has 114 valence electrons. The molecule has 0 unspecified atom stereocenters. The molecule has 2 heterocycles. The van der Waals surface area contributed by atoms with Crippen LogP contribution in [-0.4, -0.2) is 14.9 Å². The first-order chi connectivity index (χ1) is 10.4. The minimum Gasteiger partial charge on any atom is -0.408 e. The Morgan fingerprint density at radius 3 is 2.64 bits per heavy atom. The molecule has 0 radical (unpaired) electrons. The number of benzene rings is 1. The molecule has 0 amide bonds. The Morgan fingerprint density at radius 2 is 2.00 bits per heavy atom. The lowest BCUT2D eigenvalue weighted by Crippen LogP contribution is -2.20. The molecule has 3 rings (SSSR count). The summed E-state index contributed by atoms with van der Waals surface area (Å²) in [5.41, 5.74) is 3.44. The quantitative estimate of drug-likeness (QED) is 0.697. The number of rotatable bonds is 3. The Bertz CT molecular complexity index is 946. The molecule has 0 bridgehead atoms. The summed E-state index contributed by atoms with van der Waals surface area (Å²) in [5.74, 6) is -0.683. The van der Waals surface area contributed by atoms with Crippen LogP contribution in [0.25, 0.3) is 11.1 Å². The Balaban J connectivity index is 2.03. The molecule has 2 aromatic heterocycles. The van der Waals surface area contributed by atoms with Crippen molar-refractivity contribution < 1.29 is 9.21 Å². The third kappa shape index (κ3) is 2.27. The fourth-order valence-electron chi connectivity index (χ4n) is 2.56. The van der Waals surface area contributed by atoms with Crippen LogP contribution < -0.4 is 5.76 Å². The number of carbonyl (C=O) groups is 1. The molecule has 0 N–H and O–H groups in total. The van der Waals surface area contributed by atoms with Crippen molar-refractivity contribution in [1.82, 2.24) is 9.13 Å². The Labute approximate surface area is 131 Å². The van der Waals surface area contributed by atoms with Gasteiger partial charge in [0.15, 0.2) is 11.4 Å². The summed E-state index contributed by atoms with van der Waals surface area (Å²) < 4.78 is 8.42. The molecular weight excluding hydrogens is 304 g/mol. The molecule has 0 aliphatic rings. The maximum absolute atomic E-state index is 12.5. The number of aryl methyl sites for hydroxylation is 1. The first-order valence-electron chi connectivity index (χ1n) is 6.83. The standard InChI is InChI=1S/C16H15ClN2O3/c1-9-6-12(10(2)18(9)3)14(20)8-19-13-5-4-11(17)7-15(13)22-16(19)21/h4-7H,8H2,1-3H3. The predicted molar refractivity (Wildman–Crippen MR) is 84.7 cm³/mol. The topological polar surface area (TPSA) is 57.1 Å². The average molecular weight is 319 g/mol. The number of nitrogens with zero attached hydrogens (tertiary/aromatic N) is 2. The van der Waals surface area contributed by atoms with E-state index in [1.165, 1.54) is 4.57 Å². The van der Waals surface area contributed by atoms with Crippen molar-refractivity contribution in [3.05, 3.63) is 56.8 Å². The third-order valence-corrected chi connectivity index (χ3v) is 4.24. The summed E-state index contributed by atoms with van der Waals surface area (Å²) in [6, 6.07) is 6.75. The summed E-state index contributed by atoms with van der Waals surface area (Å²) in [6.07, 6.45) is 0. The monoisotopic (exact) mass is 318 g/mol. The normalized spacial score (nSPS) is 11.3. The smallest absolute Gasteiger partial charge is 0.408 e. The van der Waals surface area contributed by atoms with Gasteiger partial charge in [-0.25, -0.2) is 4.79 Å². The molecule has 5 nitrogen and oxygen atoms in total. The summed E-state index contributed by atoms with van der Waals surface area (Å²) in [4.78, 5) is 24.5. The van der Waals surface area contributed by atoms with E-state index in [4.69, 9.17) is 16.0 Å². The number of aromatic nitrogens is 2. The van der Waals surface area contributed by atoms with E-state index >= 15 is 0 Å². The molecule has 1 aromatic carbocycles. The zero-order chi connectivity index (χ0) is 16.0. The summed E-state index contributed by atoms with van der Waals surface area (Å²) in [6.45, 7) is 3.76. The number of hydrogen-bond acceptors (Lipinski definition) is 3. The SMILES string of the molecule is Cc1cc(C(=O)Cn2c(=O)oc3cc(Cl)ccc32)c(C)n1C. The molecule has 22 heavy (non-hydrogen) atoms. The fourth-order valence-corrected chi connectivity index (χ4v) is 2.72. The van der Waals surface area contributed by atoms with Crippen molar-refractivity contribution in [2.45, 2.75) is 20.4 Å². The van der Waals surface area contributed by atoms with E-state index in [-0.39, 0.29) is 12.3 Å². The molecule has 6 heteroatoms. The Kier molecular flexibility index (Phi) is 3.45. The maximum Gasteiger partial charge on any atom is 0.420 e. The van der Waals surface area contributed by atoms with Crippen molar-refractivity contribution in [2.24, 2.45) is 7.05 Å². The molecule has 0 saturated carbocycles. The average Bonchev–Trinajstić information content (AvgIpc) is 2.90. The maximum atomic E-state index is 12.5. The van der Waals surface area contributed by atoms with Gasteiger partial charge in [0.2, 0.25) is 0 Å². The van der Waals surface area contributed by atoms with E-state index in [1.54, 1.807) is 18.2 Å². The summed E-state index contributed by atoms with van der Waals surface area (Å²) in [7, 11) is 1.91. The van der Waals surface area contributed by atoms with Gasteiger partial charge >= 0.3 is 5.76 Å². The largest absolute Gasteiger partial charge is 0.420 e. The lowest BCUT2D eigenvalue weighted by molar-refractivity contribution is 0.0970. The van der Waals surface area contributed by atoms with Gasteiger partial charge in [0.05, 0.1) is 12.1 Å². The van der Waals surface area contributed by atoms with E-state index in [1.807, 2.05) is 31.5 Å². The van der Waals surface area contributed by atoms with E-state index in [2.05, 4.69) is 0 Å². The van der Waals surface area contributed by atoms with Gasteiger partial charge in [-0.2, -0.15) is 0 Å². The second-order valence-electron chi connectivity index (χ2n) is 5.33. The van der Waals surface area contributed by atoms with E-state index in [0.29, 0.717) is 21.7 Å². The van der Waals surface area contributed by atoms with Crippen LogP contribution in [0.1, 0.15) is 21.7 Å². The minimum atomic E-state index is -0.559. The first-order valence-corrected chi connectivity index (χ1v) is 7.21. The van der Waals surface area contributed by atoms with Crippen LogP contribution in [0.5, 0.6) is 0 Å². The zero-order valence-corrected chi connectivity index (χ0v) is 13.3. The van der Waals surface area contributed by atoms with Crippen LogP contribution in [0.4, 0.5) is 0 Å². The highest BCUT2D eigenvalue weighted by atomic mass is 35.5. The highest BCUT2D eigenvalue weighted by molar-refractivity contribution is 6.31. The number of ketones is 1. The van der Waals surface area contributed by atoms with Crippen LogP contribution in [0.3, 0.4) is 0 Å². The number of hydrogen-bond donors (Lipinski definition) is 0. The number of carbonyl (C=O) groups excluding carboxylic acids is 1. The van der Waals surface area contributed by atoms with Crippen LogP contribution in [-0.2, 0) is 13.6 Å². The molecule has 0 fully saturated rings. The highest BCUT2D eigenvalue weighted by Crippen LogP contribution is 2.20. The van der Waals surface area contributed by atoms with E-state index < -0.39 is 5.76 Å². The van der Waals surface area contributed by atoms with Crippen molar-refractivity contribution in [3.8, 4) is 0 Å². The molecule has 0 aliphatic carbocycles. The van der Waals surface area contributed by atoms with Crippen LogP contribution in [0.15, 0.2) is 33.5 Å². The van der Waals surface area contributed by atoms with Crippen molar-refractivity contribution in [3.63, 3.8) is 0 Å². The van der Waals surface area contributed by atoms with Gasteiger partial charge in [-0.1, -0.05) is 11.6 Å². The van der Waals surface area contributed by atoms with Crippen LogP contribution in [0, 0.1) is 13.8 Å². The van der Waals surface area contributed by atoms with Crippen molar-refractivity contribution in [2.75, 3.05) is 0 Å². The molecule has 0 saturated heterocycles. The van der Waals surface area contributed by atoms with E-state index in [9.17, 15) is 9.59 Å². The lowest BCUT2D eigenvalue weighted by Gasteiger charge is -2.03. The second-order valence-corrected chi connectivity index (χ2v) is 5.77. The van der Waals surface area contributed by atoms with Crippen LogP contribution >= 0.6 is 11.6 Å². The molecule has 0 aliphatic heterocycles. The van der Waals surface area contributed by atoms with Gasteiger partial charge in [-0.3, -0.25) is 9.36 Å². The third-order valence-electron chi connectivity index (χ3n) is 4.01. The van der Waals surface area contributed by atoms with Crippen molar-refractivity contribution >= 4 is 28.5 Å². The number of halogens is 1. The van der Waals surface area contributed by atoms with Gasteiger partial charge in [-0.05, 0) is 32.0 Å². The van der Waals surface area contributed by atoms with Gasteiger partial charge in [0, 0.05) is 35.1 Å². The van der Waals surface area contributed by atoms with Gasteiger partial charge in [0.1, 0.15) is 0 Å². The van der Waals surface area contributed by atoms with E-state index in [0.717, 1.165) is 11.4 Å². The van der Waals surface area contributed by atoms with Crippen LogP contribution in [0.2, 0.25) is 5.02 Å². The fraction of sp³-hybridized carbons (Fsp3) is 0.250. The molecule has 0 spiro atoms. The highest BCUT2D eigenvalue weighted by Gasteiger charge is 2.18. The zero-order valence-electron chi connectivity index (χ0n) is 12.5. The first kappa shape index (κ1) is 14.7. The molecular formula is C16H15ClN2O3. The predicted octanol–water partition coefficient (Wildman–Crippen LogP) is 3.09. The van der Waals surface area contributed by atoms with Gasteiger partial charge in [0.25, 0.3) is 0 Å². The number of oxazole rings is 1. The Morgan fingerprint density at radius 1 is 1.27 bits per heavy atom. The van der Waals surface area contributed by atoms with Gasteiger partial charge < -0.3 is 8.98 Å². The van der Waals surface area contributed by atoms with Gasteiger partial charge in [-0.15, -0.1) is 0 Å². The molecule has 3 aromatic rings.